The fourth-order valence-corrected chi connectivity index (χ4v) is 7.95. The van der Waals surface area contributed by atoms with Crippen LogP contribution in [0.3, 0.4) is 0 Å². The van der Waals surface area contributed by atoms with Gasteiger partial charge in [0.25, 0.3) is 0 Å². The van der Waals surface area contributed by atoms with Crippen molar-refractivity contribution in [2.24, 2.45) is 0 Å². The number of hydrogen-bond donors (Lipinski definition) is 0. The van der Waals surface area contributed by atoms with Gasteiger partial charge in [0.2, 0.25) is 0 Å². The Hall–Kier alpha value is -6.17. The molecule has 0 atom stereocenters. The molecule has 0 radical (unpaired) electrons. The molecule has 224 valence electrons. The van der Waals surface area contributed by atoms with Crippen LogP contribution in [0, 0.1) is 0 Å². The van der Waals surface area contributed by atoms with Crippen molar-refractivity contribution in [1.82, 2.24) is 15.0 Å². The Kier molecular flexibility index (Phi) is 6.01. The highest BCUT2D eigenvalue weighted by Crippen LogP contribution is 2.44. The quantitative estimate of drug-likeness (QED) is 0.194. The maximum atomic E-state index is 6.84. The molecule has 10 rings (SSSR count). The fourth-order valence-electron chi connectivity index (χ4n) is 6.80. The van der Waals surface area contributed by atoms with Crippen LogP contribution in [-0.2, 0) is 0 Å². The first-order valence-electron chi connectivity index (χ1n) is 15.9. The van der Waals surface area contributed by atoms with Gasteiger partial charge in [0.15, 0.2) is 17.5 Å². The minimum Gasteiger partial charge on any atom is -0.455 e. The van der Waals surface area contributed by atoms with Crippen molar-refractivity contribution < 1.29 is 4.42 Å². The lowest BCUT2D eigenvalue weighted by Gasteiger charge is -2.11. The molecule has 3 heterocycles. The highest BCUT2D eigenvalue weighted by atomic mass is 32.1. The van der Waals surface area contributed by atoms with Crippen molar-refractivity contribution in [3.63, 3.8) is 0 Å². The Labute approximate surface area is 279 Å². The number of hydrogen-bond acceptors (Lipinski definition) is 5. The summed E-state index contributed by atoms with van der Waals surface area (Å²) in [6.45, 7) is 0. The van der Waals surface area contributed by atoms with Crippen LogP contribution in [0.25, 0.3) is 98.2 Å². The number of furan rings is 1. The molecule has 10 aromatic rings. The number of aromatic nitrogens is 3. The van der Waals surface area contributed by atoms with E-state index in [-0.39, 0.29) is 0 Å². The first-order chi connectivity index (χ1) is 23.8. The monoisotopic (exact) mass is 631 g/mol. The lowest BCUT2D eigenvalue weighted by molar-refractivity contribution is 0.670. The summed E-state index contributed by atoms with van der Waals surface area (Å²) >= 11 is 1.82. The molecule has 0 unspecified atom stereocenters. The van der Waals surface area contributed by atoms with E-state index in [2.05, 4.69) is 91.0 Å². The fraction of sp³-hybridized carbons (Fsp3) is 0. The molecule has 4 nitrogen and oxygen atoms in total. The number of rotatable bonds is 4. The molecule has 0 aliphatic heterocycles. The average Bonchev–Trinajstić information content (AvgIpc) is 3.72. The van der Waals surface area contributed by atoms with E-state index in [1.54, 1.807) is 0 Å². The van der Waals surface area contributed by atoms with E-state index in [0.717, 1.165) is 60.5 Å². The molecule has 48 heavy (non-hydrogen) atoms. The summed E-state index contributed by atoms with van der Waals surface area (Å²) in [5.74, 6) is 1.87. The Bertz CT molecular complexity index is 2780. The molecular weight excluding hydrogens is 607 g/mol. The summed E-state index contributed by atoms with van der Waals surface area (Å²) < 4.78 is 9.39. The van der Waals surface area contributed by atoms with Crippen molar-refractivity contribution in [3.8, 4) is 45.3 Å². The molecule has 0 aliphatic rings. The van der Waals surface area contributed by atoms with Gasteiger partial charge in [0.05, 0.1) is 0 Å². The normalized spacial score (nSPS) is 11.8. The van der Waals surface area contributed by atoms with Crippen molar-refractivity contribution in [3.05, 3.63) is 152 Å². The van der Waals surface area contributed by atoms with Gasteiger partial charge in [-0.05, 0) is 52.7 Å². The molecule has 5 heteroatoms. The van der Waals surface area contributed by atoms with Crippen molar-refractivity contribution in [1.29, 1.82) is 0 Å². The van der Waals surface area contributed by atoms with E-state index in [0.29, 0.717) is 17.5 Å². The van der Waals surface area contributed by atoms with E-state index >= 15 is 0 Å². The number of thiophene rings is 1. The van der Waals surface area contributed by atoms with Gasteiger partial charge in [-0.3, -0.25) is 0 Å². The summed E-state index contributed by atoms with van der Waals surface area (Å²) in [6.07, 6.45) is 0. The van der Waals surface area contributed by atoms with E-state index in [1.807, 2.05) is 72.0 Å². The molecule has 0 fully saturated rings. The van der Waals surface area contributed by atoms with Gasteiger partial charge < -0.3 is 4.42 Å². The molecule has 0 spiro atoms. The van der Waals surface area contributed by atoms with E-state index in [4.69, 9.17) is 19.4 Å². The van der Waals surface area contributed by atoms with Crippen molar-refractivity contribution in [2.45, 2.75) is 0 Å². The van der Waals surface area contributed by atoms with Crippen LogP contribution >= 0.6 is 11.3 Å². The summed E-state index contributed by atoms with van der Waals surface area (Å²) in [6, 6.07) is 52.7. The van der Waals surface area contributed by atoms with E-state index in [9.17, 15) is 0 Å². The first kappa shape index (κ1) is 27.0. The third-order valence-electron chi connectivity index (χ3n) is 9.12. The molecule has 0 N–H and O–H groups in total. The Morgan fingerprint density at radius 3 is 1.77 bits per heavy atom. The molecule has 0 saturated carbocycles. The lowest BCUT2D eigenvalue weighted by atomic mass is 9.96. The zero-order valence-corrected chi connectivity index (χ0v) is 26.4. The summed E-state index contributed by atoms with van der Waals surface area (Å²) in [4.78, 5) is 15.1. The molecule has 0 bridgehead atoms. The predicted molar refractivity (Wildman–Crippen MR) is 199 cm³/mol. The van der Waals surface area contributed by atoms with Gasteiger partial charge in [-0.15, -0.1) is 11.3 Å². The predicted octanol–water partition coefficient (Wildman–Crippen LogP) is 12.0. The SMILES string of the molecule is c1ccc(-c2nc(-c3ccccc3)nc(-c3ccc(-c4ccc5c(c4)sc4ccccc45)c4oc5cc6ccccc6cc5c34)n2)cc1. The molecule has 0 saturated heterocycles. The van der Waals surface area contributed by atoms with Crippen molar-refractivity contribution >= 4 is 64.2 Å². The highest BCUT2D eigenvalue weighted by Gasteiger charge is 2.21. The lowest BCUT2D eigenvalue weighted by Crippen LogP contribution is -2.00. The van der Waals surface area contributed by atoms with Gasteiger partial charge in [0.1, 0.15) is 11.2 Å². The van der Waals surface area contributed by atoms with Crippen LogP contribution in [0.2, 0.25) is 0 Å². The Morgan fingerprint density at radius 2 is 1.02 bits per heavy atom. The second-order valence-corrected chi connectivity index (χ2v) is 13.1. The third kappa shape index (κ3) is 4.33. The number of fused-ring (bicyclic) bond motifs is 7. The molecule has 3 aromatic heterocycles. The maximum Gasteiger partial charge on any atom is 0.164 e. The van der Waals surface area contributed by atoms with E-state index in [1.165, 1.54) is 20.2 Å². The van der Waals surface area contributed by atoms with Crippen LogP contribution in [0.4, 0.5) is 0 Å². The van der Waals surface area contributed by atoms with Crippen LogP contribution in [0.1, 0.15) is 0 Å². The van der Waals surface area contributed by atoms with Gasteiger partial charge in [-0.2, -0.15) is 0 Å². The van der Waals surface area contributed by atoms with Gasteiger partial charge in [0, 0.05) is 53.2 Å². The second-order valence-electron chi connectivity index (χ2n) is 12.0. The maximum absolute atomic E-state index is 6.84. The minimum absolute atomic E-state index is 0.607. The number of nitrogens with zero attached hydrogens (tertiary/aromatic N) is 3. The summed E-state index contributed by atoms with van der Waals surface area (Å²) in [5.41, 5.74) is 6.58. The minimum atomic E-state index is 0.607. The van der Waals surface area contributed by atoms with Gasteiger partial charge in [-0.25, -0.2) is 15.0 Å². The van der Waals surface area contributed by atoms with Gasteiger partial charge >= 0.3 is 0 Å². The smallest absolute Gasteiger partial charge is 0.164 e. The van der Waals surface area contributed by atoms with Crippen molar-refractivity contribution in [2.75, 3.05) is 0 Å². The first-order valence-corrected chi connectivity index (χ1v) is 16.8. The summed E-state index contributed by atoms with van der Waals surface area (Å²) in [7, 11) is 0. The molecule has 0 aliphatic carbocycles. The zero-order valence-electron chi connectivity index (χ0n) is 25.6. The number of benzene rings is 7. The zero-order chi connectivity index (χ0) is 31.6. The summed E-state index contributed by atoms with van der Waals surface area (Å²) in [5, 5.41) is 6.88. The van der Waals surface area contributed by atoms with Crippen LogP contribution in [0.15, 0.2) is 156 Å². The topological polar surface area (TPSA) is 51.8 Å². The average molecular weight is 632 g/mol. The van der Waals surface area contributed by atoms with Crippen LogP contribution in [0.5, 0.6) is 0 Å². The van der Waals surface area contributed by atoms with Crippen LogP contribution < -0.4 is 0 Å². The largest absolute Gasteiger partial charge is 0.455 e. The second kappa shape index (κ2) is 10.7. The van der Waals surface area contributed by atoms with Crippen LogP contribution in [-0.4, -0.2) is 15.0 Å². The molecule has 7 aromatic carbocycles. The molecule has 0 amide bonds. The third-order valence-corrected chi connectivity index (χ3v) is 10.3. The Balaban J connectivity index is 1.27. The molecular formula is C43H25N3OS. The standard InChI is InChI=1S/C43H25N3OS/c1-3-11-26(12-4-1)41-44-42(27-13-5-2-6-14-27)46-43(45-41)34-22-21-31(30-19-20-33-32-17-9-10-18-37(32)48-38(33)25-30)40-39(34)35-23-28-15-7-8-16-29(28)24-36(35)47-40/h1-25H. The van der Waals surface area contributed by atoms with Gasteiger partial charge in [-0.1, -0.05) is 115 Å². The van der Waals surface area contributed by atoms with E-state index < -0.39 is 0 Å². The Morgan fingerprint density at radius 1 is 0.417 bits per heavy atom. The highest BCUT2D eigenvalue weighted by molar-refractivity contribution is 7.25.